The van der Waals surface area contributed by atoms with E-state index < -0.39 is 4.92 Å². The van der Waals surface area contributed by atoms with Gasteiger partial charge in [-0.3, -0.25) is 14.9 Å². The van der Waals surface area contributed by atoms with Crippen LogP contribution in [0.3, 0.4) is 0 Å². The monoisotopic (exact) mass is 431 g/mol. The normalized spacial score (nSPS) is 27.2. The number of aromatic nitrogens is 1. The molecule has 2 aromatic rings. The van der Waals surface area contributed by atoms with Crippen LogP contribution in [0.1, 0.15) is 56.1 Å². The molecule has 8 heteroatoms. The third-order valence-corrected chi connectivity index (χ3v) is 9.45. The number of nitrogens with zero attached hydrogens (tertiary/aromatic N) is 2. The minimum absolute atomic E-state index is 0.0494. The molecule has 2 saturated carbocycles. The van der Waals surface area contributed by atoms with Crippen molar-refractivity contribution < 1.29 is 9.72 Å². The summed E-state index contributed by atoms with van der Waals surface area (Å²) in [4.78, 5) is 29.2. The molecule has 0 radical (unpaired) electrons. The first-order valence-electron chi connectivity index (χ1n) is 9.81. The largest absolute Gasteiger partial charge is 0.349 e. The van der Waals surface area contributed by atoms with Crippen molar-refractivity contribution in [2.45, 2.75) is 62.2 Å². The first-order valence-corrected chi connectivity index (χ1v) is 11.5. The van der Waals surface area contributed by atoms with Crippen LogP contribution >= 0.6 is 23.1 Å². The maximum atomic E-state index is 13.3. The van der Waals surface area contributed by atoms with E-state index in [2.05, 4.69) is 31.1 Å². The lowest BCUT2D eigenvalue weighted by Crippen LogP contribution is -2.47. The van der Waals surface area contributed by atoms with Crippen LogP contribution in [0.2, 0.25) is 0 Å². The minimum Gasteiger partial charge on any atom is -0.349 e. The number of nitrogens with one attached hydrogen (secondary N) is 1. The van der Waals surface area contributed by atoms with Gasteiger partial charge >= 0.3 is 0 Å². The number of hydrogen-bond donors (Lipinski definition) is 1. The van der Waals surface area contributed by atoms with Gasteiger partial charge in [-0.15, -0.1) is 11.3 Å². The number of carbonyl (C=O) groups excluding carboxylic acids is 1. The molecule has 2 aliphatic rings. The average molecular weight is 432 g/mol. The second-order valence-corrected chi connectivity index (χ2v) is 11.1. The summed E-state index contributed by atoms with van der Waals surface area (Å²) in [5.74, 6) is 0.370. The van der Waals surface area contributed by atoms with Gasteiger partial charge in [-0.1, -0.05) is 32.5 Å². The molecule has 2 aliphatic carbocycles. The van der Waals surface area contributed by atoms with Crippen LogP contribution in [0.5, 0.6) is 0 Å². The van der Waals surface area contributed by atoms with Gasteiger partial charge in [0.15, 0.2) is 4.34 Å². The molecular formula is C21H25N3O3S2. The summed E-state index contributed by atoms with van der Waals surface area (Å²) < 4.78 is 0.818. The lowest BCUT2D eigenvalue weighted by molar-refractivity contribution is -0.384. The van der Waals surface area contributed by atoms with Crippen LogP contribution in [0, 0.1) is 33.8 Å². The van der Waals surface area contributed by atoms with E-state index in [4.69, 9.17) is 0 Å². The van der Waals surface area contributed by atoms with Crippen molar-refractivity contribution in [1.29, 1.82) is 0 Å². The van der Waals surface area contributed by atoms with Gasteiger partial charge in [-0.2, -0.15) is 0 Å². The molecule has 1 amide bonds. The first kappa shape index (κ1) is 20.3. The molecule has 2 fully saturated rings. The number of aryl methyl sites for hydroxylation is 1. The third-order valence-electron chi connectivity index (χ3n) is 7.31. The Kier molecular flexibility index (Phi) is 4.98. The van der Waals surface area contributed by atoms with Gasteiger partial charge in [-0.25, -0.2) is 4.98 Å². The molecule has 29 heavy (non-hydrogen) atoms. The van der Waals surface area contributed by atoms with Crippen molar-refractivity contribution in [2.24, 2.45) is 16.7 Å². The molecule has 6 nitrogen and oxygen atoms in total. The molecule has 0 aliphatic heterocycles. The fourth-order valence-electron chi connectivity index (χ4n) is 5.03. The van der Waals surface area contributed by atoms with Crippen LogP contribution < -0.4 is 5.32 Å². The van der Waals surface area contributed by atoms with Crippen LogP contribution in [-0.4, -0.2) is 21.9 Å². The predicted octanol–water partition coefficient (Wildman–Crippen LogP) is 5.46. The Balaban J connectivity index is 1.63. The number of nitro groups is 1. The highest BCUT2D eigenvalue weighted by Gasteiger charge is 2.61. The number of benzene rings is 1. The van der Waals surface area contributed by atoms with Crippen molar-refractivity contribution >= 4 is 34.7 Å². The van der Waals surface area contributed by atoms with Gasteiger partial charge in [0.05, 0.1) is 10.5 Å². The first-order chi connectivity index (χ1) is 13.6. The number of carbonyl (C=O) groups is 1. The van der Waals surface area contributed by atoms with E-state index in [9.17, 15) is 14.9 Å². The molecule has 1 heterocycles. The number of amides is 1. The summed E-state index contributed by atoms with van der Waals surface area (Å²) in [5, 5.41) is 16.5. The Labute approximate surface area is 178 Å². The fraction of sp³-hybridized carbons (Fsp3) is 0.524. The minimum atomic E-state index is -0.458. The summed E-state index contributed by atoms with van der Waals surface area (Å²) >= 11 is 2.88. The lowest BCUT2D eigenvalue weighted by Gasteiger charge is -2.39. The van der Waals surface area contributed by atoms with Crippen molar-refractivity contribution in [3.8, 4) is 0 Å². The summed E-state index contributed by atoms with van der Waals surface area (Å²) in [6, 6.07) is 4.57. The van der Waals surface area contributed by atoms with Crippen LogP contribution in [-0.2, 0) is 0 Å². The van der Waals surface area contributed by atoms with Gasteiger partial charge in [0.1, 0.15) is 0 Å². The number of thiazole rings is 1. The van der Waals surface area contributed by atoms with Gasteiger partial charge in [-0.05, 0) is 49.0 Å². The standard InChI is InChI=1S/C21H25N3O3S2/c1-12-11-28-19(22-12)29-16-6-5-14(24(26)27)10-15(16)18(25)23-17-9-13-7-8-21(17,4)20(13,2)3/h5-6,10-11,13,17H,7-9H2,1-4H3,(H,23,25)/t13-,17-,21+/m1/s1. The molecule has 154 valence electrons. The molecule has 0 spiro atoms. The van der Waals surface area contributed by atoms with Crippen molar-refractivity contribution in [1.82, 2.24) is 10.3 Å². The zero-order chi connectivity index (χ0) is 21.0. The van der Waals surface area contributed by atoms with E-state index >= 15 is 0 Å². The smallest absolute Gasteiger partial charge is 0.270 e. The topological polar surface area (TPSA) is 85.1 Å². The molecular weight excluding hydrogens is 406 g/mol. The molecule has 4 rings (SSSR count). The average Bonchev–Trinajstić information content (AvgIpc) is 3.22. The zero-order valence-electron chi connectivity index (χ0n) is 17.0. The molecule has 2 bridgehead atoms. The van der Waals surface area contributed by atoms with E-state index in [1.54, 1.807) is 6.07 Å². The predicted molar refractivity (Wildman–Crippen MR) is 115 cm³/mol. The Bertz CT molecular complexity index is 987. The number of non-ortho nitro benzene ring substituents is 1. The summed E-state index contributed by atoms with van der Waals surface area (Å²) in [6.45, 7) is 8.79. The molecule has 3 atom stereocenters. The highest BCUT2D eigenvalue weighted by molar-refractivity contribution is 8.01. The van der Waals surface area contributed by atoms with E-state index in [0.29, 0.717) is 16.4 Å². The van der Waals surface area contributed by atoms with Gasteiger partial charge in [0.2, 0.25) is 0 Å². The maximum absolute atomic E-state index is 13.3. The lowest BCUT2D eigenvalue weighted by atomic mass is 9.69. The third kappa shape index (κ3) is 3.36. The Hall–Kier alpha value is -1.93. The van der Waals surface area contributed by atoms with Crippen LogP contribution in [0.15, 0.2) is 32.8 Å². The second kappa shape index (κ2) is 7.09. The van der Waals surface area contributed by atoms with Crippen molar-refractivity contribution in [3.63, 3.8) is 0 Å². The molecule has 1 aromatic heterocycles. The summed E-state index contributed by atoms with van der Waals surface area (Å²) in [5.41, 5.74) is 1.43. The molecule has 1 N–H and O–H groups in total. The summed E-state index contributed by atoms with van der Waals surface area (Å²) in [6.07, 6.45) is 3.28. The van der Waals surface area contributed by atoms with Gasteiger partial charge in [0, 0.05) is 34.1 Å². The molecule has 1 aromatic carbocycles. The van der Waals surface area contributed by atoms with E-state index in [1.165, 1.54) is 41.7 Å². The van der Waals surface area contributed by atoms with E-state index in [1.807, 2.05) is 12.3 Å². The van der Waals surface area contributed by atoms with E-state index in [-0.39, 0.29) is 28.5 Å². The summed E-state index contributed by atoms with van der Waals surface area (Å²) in [7, 11) is 0. The second-order valence-electron chi connectivity index (χ2n) is 8.93. The Morgan fingerprint density at radius 1 is 1.38 bits per heavy atom. The Morgan fingerprint density at radius 3 is 2.69 bits per heavy atom. The van der Waals surface area contributed by atoms with Gasteiger partial charge < -0.3 is 5.32 Å². The number of fused-ring (bicyclic) bond motifs is 2. The van der Waals surface area contributed by atoms with Crippen molar-refractivity contribution in [2.75, 3.05) is 0 Å². The fourth-order valence-corrected chi connectivity index (χ4v) is 6.93. The van der Waals surface area contributed by atoms with Crippen molar-refractivity contribution in [3.05, 3.63) is 45.0 Å². The molecule has 0 saturated heterocycles. The Morgan fingerprint density at radius 2 is 2.14 bits per heavy atom. The number of nitro benzene ring substituents is 1. The maximum Gasteiger partial charge on any atom is 0.270 e. The van der Waals surface area contributed by atoms with Gasteiger partial charge in [0.25, 0.3) is 11.6 Å². The highest BCUT2D eigenvalue weighted by atomic mass is 32.2. The zero-order valence-corrected chi connectivity index (χ0v) is 18.7. The number of hydrogen-bond acceptors (Lipinski definition) is 6. The SMILES string of the molecule is Cc1csc(Sc2ccc([N+](=O)[O-])cc2C(=O)N[C@@H]2C[C@H]3CC[C@]2(C)C3(C)C)n1. The highest BCUT2D eigenvalue weighted by Crippen LogP contribution is 2.65. The van der Waals surface area contributed by atoms with Crippen LogP contribution in [0.4, 0.5) is 5.69 Å². The quantitative estimate of drug-likeness (QED) is 0.502. The van der Waals surface area contributed by atoms with Crippen LogP contribution in [0.25, 0.3) is 0 Å². The molecule has 0 unspecified atom stereocenters. The van der Waals surface area contributed by atoms with E-state index in [0.717, 1.165) is 22.9 Å². The number of rotatable bonds is 5.